The summed E-state index contributed by atoms with van der Waals surface area (Å²) in [5.74, 6) is -0.0107. The summed E-state index contributed by atoms with van der Waals surface area (Å²) in [6.07, 6.45) is 0. The Labute approximate surface area is 144 Å². The number of rotatable bonds is 2. The fourth-order valence-corrected chi connectivity index (χ4v) is 2.75. The highest BCUT2D eigenvalue weighted by Crippen LogP contribution is 2.29. The lowest BCUT2D eigenvalue weighted by Crippen LogP contribution is -2.12. The summed E-state index contributed by atoms with van der Waals surface area (Å²) in [4.78, 5) is 12.5. The second-order valence-corrected chi connectivity index (χ2v) is 6.39. The van der Waals surface area contributed by atoms with Crippen molar-refractivity contribution >= 4 is 45.8 Å². The Hall–Kier alpha value is -1.97. The maximum atomic E-state index is 12.5. The van der Waals surface area contributed by atoms with Gasteiger partial charge in [-0.25, -0.2) is 0 Å². The molecule has 0 atom stereocenters. The van der Waals surface area contributed by atoms with Gasteiger partial charge in [0, 0.05) is 16.6 Å². The molecule has 23 heavy (non-hydrogen) atoms. The summed E-state index contributed by atoms with van der Waals surface area (Å²) < 4.78 is 5.75. The Morgan fingerprint density at radius 1 is 1.00 bits per heavy atom. The van der Waals surface area contributed by atoms with Crippen LogP contribution in [0.25, 0.3) is 11.0 Å². The molecule has 118 valence electrons. The van der Waals surface area contributed by atoms with Crippen molar-refractivity contribution in [3.05, 3.63) is 62.8 Å². The maximum Gasteiger partial charge on any atom is 0.291 e. The van der Waals surface area contributed by atoms with Crippen LogP contribution in [0, 0.1) is 20.8 Å². The molecule has 1 heterocycles. The van der Waals surface area contributed by atoms with Gasteiger partial charge in [0.05, 0.1) is 10.0 Å². The van der Waals surface area contributed by atoms with E-state index in [-0.39, 0.29) is 5.91 Å². The molecule has 0 fully saturated rings. The summed E-state index contributed by atoms with van der Waals surface area (Å²) in [6.45, 7) is 5.93. The van der Waals surface area contributed by atoms with Crippen LogP contribution in [0.4, 0.5) is 5.69 Å². The van der Waals surface area contributed by atoms with Crippen LogP contribution < -0.4 is 5.32 Å². The second-order valence-electron chi connectivity index (χ2n) is 5.57. The van der Waals surface area contributed by atoms with Crippen LogP contribution in [0.1, 0.15) is 27.2 Å². The van der Waals surface area contributed by atoms with Gasteiger partial charge in [-0.05, 0) is 62.2 Å². The van der Waals surface area contributed by atoms with Gasteiger partial charge in [0.1, 0.15) is 5.58 Å². The predicted molar refractivity (Wildman–Crippen MR) is 94.8 cm³/mol. The van der Waals surface area contributed by atoms with Crippen molar-refractivity contribution in [2.45, 2.75) is 20.8 Å². The first-order chi connectivity index (χ1) is 10.9. The van der Waals surface area contributed by atoms with Crippen molar-refractivity contribution in [3.63, 3.8) is 0 Å². The molecule has 0 saturated heterocycles. The number of fused-ring (bicyclic) bond motifs is 1. The summed E-state index contributed by atoms with van der Waals surface area (Å²) in [5, 5.41) is 4.56. The normalized spacial score (nSPS) is 11.0. The number of benzene rings is 2. The molecular formula is C18H15Cl2NO2. The topological polar surface area (TPSA) is 42.2 Å². The molecule has 3 nitrogen and oxygen atoms in total. The molecule has 1 amide bonds. The number of hydrogen-bond donors (Lipinski definition) is 1. The van der Waals surface area contributed by atoms with Crippen molar-refractivity contribution in [1.29, 1.82) is 0 Å². The molecule has 0 bridgehead atoms. The molecule has 0 spiro atoms. The number of furan rings is 1. The van der Waals surface area contributed by atoms with Crippen molar-refractivity contribution in [2.24, 2.45) is 0 Å². The van der Waals surface area contributed by atoms with Crippen LogP contribution in [0.3, 0.4) is 0 Å². The van der Waals surface area contributed by atoms with E-state index < -0.39 is 0 Å². The average molecular weight is 348 g/mol. The van der Waals surface area contributed by atoms with Crippen LogP contribution in [-0.4, -0.2) is 5.91 Å². The van der Waals surface area contributed by atoms with Gasteiger partial charge >= 0.3 is 0 Å². The number of carbonyl (C=O) groups excluding carboxylic acids is 1. The predicted octanol–water partition coefficient (Wildman–Crippen LogP) is 5.92. The monoisotopic (exact) mass is 347 g/mol. The van der Waals surface area contributed by atoms with Crippen molar-refractivity contribution in [1.82, 2.24) is 0 Å². The molecule has 0 unspecified atom stereocenters. The Kier molecular flexibility index (Phi) is 4.09. The number of anilines is 1. The van der Waals surface area contributed by atoms with E-state index in [2.05, 4.69) is 5.32 Å². The van der Waals surface area contributed by atoms with Gasteiger partial charge in [0.2, 0.25) is 0 Å². The third kappa shape index (κ3) is 2.94. The van der Waals surface area contributed by atoms with E-state index in [1.165, 1.54) is 0 Å². The molecule has 1 N–H and O–H groups in total. The van der Waals surface area contributed by atoms with Gasteiger partial charge < -0.3 is 9.73 Å². The quantitative estimate of drug-likeness (QED) is 0.625. The molecule has 3 rings (SSSR count). The molecular weight excluding hydrogens is 333 g/mol. The standard InChI is InChI=1S/C18H15Cl2NO2/c1-9-6-13-11(3)17(23-16(13)7-10(9)2)18(22)21-12-4-5-14(19)15(20)8-12/h4-8H,1-3H3,(H,21,22). The minimum absolute atomic E-state index is 0.302. The highest BCUT2D eigenvalue weighted by molar-refractivity contribution is 6.42. The zero-order valence-corrected chi connectivity index (χ0v) is 14.5. The third-order valence-electron chi connectivity index (χ3n) is 3.94. The molecule has 0 radical (unpaired) electrons. The Bertz CT molecular complexity index is 928. The Balaban J connectivity index is 1.97. The zero-order chi connectivity index (χ0) is 16.7. The lowest BCUT2D eigenvalue weighted by molar-refractivity contribution is 0.0998. The highest BCUT2D eigenvalue weighted by Gasteiger charge is 2.18. The number of aryl methyl sites for hydroxylation is 3. The van der Waals surface area contributed by atoms with E-state index in [0.29, 0.717) is 27.1 Å². The number of amides is 1. The Morgan fingerprint density at radius 3 is 2.39 bits per heavy atom. The molecule has 2 aromatic carbocycles. The van der Waals surface area contributed by atoms with Gasteiger partial charge in [-0.3, -0.25) is 4.79 Å². The van der Waals surface area contributed by atoms with Crippen LogP contribution in [0.15, 0.2) is 34.7 Å². The number of carbonyl (C=O) groups is 1. The second kappa shape index (κ2) is 5.91. The highest BCUT2D eigenvalue weighted by atomic mass is 35.5. The van der Waals surface area contributed by atoms with E-state index >= 15 is 0 Å². The first kappa shape index (κ1) is 15.9. The summed E-state index contributed by atoms with van der Waals surface area (Å²) in [5.41, 5.74) is 4.39. The SMILES string of the molecule is Cc1cc2oc(C(=O)Nc3ccc(Cl)c(Cl)c3)c(C)c2cc1C. The van der Waals surface area contributed by atoms with Gasteiger partial charge in [0.15, 0.2) is 5.76 Å². The first-order valence-electron chi connectivity index (χ1n) is 7.13. The minimum atomic E-state index is -0.313. The van der Waals surface area contributed by atoms with Gasteiger partial charge in [0.25, 0.3) is 5.91 Å². The summed E-state index contributed by atoms with van der Waals surface area (Å²) in [6, 6.07) is 8.93. The van der Waals surface area contributed by atoms with Crippen molar-refractivity contribution < 1.29 is 9.21 Å². The summed E-state index contributed by atoms with van der Waals surface area (Å²) in [7, 11) is 0. The summed E-state index contributed by atoms with van der Waals surface area (Å²) >= 11 is 11.8. The first-order valence-corrected chi connectivity index (χ1v) is 7.89. The molecule has 0 aliphatic carbocycles. The zero-order valence-electron chi connectivity index (χ0n) is 13.0. The minimum Gasteiger partial charge on any atom is -0.451 e. The lowest BCUT2D eigenvalue weighted by Gasteiger charge is -2.05. The molecule has 0 saturated carbocycles. The van der Waals surface area contributed by atoms with Crippen molar-refractivity contribution in [2.75, 3.05) is 5.32 Å². The molecule has 0 aliphatic rings. The third-order valence-corrected chi connectivity index (χ3v) is 4.68. The van der Waals surface area contributed by atoms with Crippen molar-refractivity contribution in [3.8, 4) is 0 Å². The fourth-order valence-electron chi connectivity index (χ4n) is 2.45. The largest absolute Gasteiger partial charge is 0.451 e. The molecule has 0 aliphatic heterocycles. The molecule has 3 aromatic rings. The number of nitrogens with one attached hydrogen (secondary N) is 1. The van der Waals surface area contributed by atoms with Crippen LogP contribution in [-0.2, 0) is 0 Å². The van der Waals surface area contributed by atoms with Crippen LogP contribution >= 0.6 is 23.2 Å². The van der Waals surface area contributed by atoms with Gasteiger partial charge in [-0.15, -0.1) is 0 Å². The number of hydrogen-bond acceptors (Lipinski definition) is 2. The Morgan fingerprint density at radius 2 is 1.70 bits per heavy atom. The molecule has 5 heteroatoms. The average Bonchev–Trinajstić information content (AvgIpc) is 2.80. The van der Waals surface area contributed by atoms with E-state index in [9.17, 15) is 4.79 Å². The number of halogens is 2. The smallest absolute Gasteiger partial charge is 0.291 e. The van der Waals surface area contributed by atoms with Crippen LogP contribution in [0.2, 0.25) is 10.0 Å². The van der Waals surface area contributed by atoms with Crippen LogP contribution in [0.5, 0.6) is 0 Å². The fraction of sp³-hybridized carbons (Fsp3) is 0.167. The van der Waals surface area contributed by atoms with E-state index in [4.69, 9.17) is 27.6 Å². The lowest BCUT2D eigenvalue weighted by atomic mass is 10.1. The maximum absolute atomic E-state index is 12.5. The van der Waals surface area contributed by atoms with E-state index in [1.807, 2.05) is 32.9 Å². The van der Waals surface area contributed by atoms with E-state index in [1.54, 1.807) is 18.2 Å². The van der Waals surface area contributed by atoms with Gasteiger partial charge in [-0.2, -0.15) is 0 Å². The molecule has 1 aromatic heterocycles. The van der Waals surface area contributed by atoms with E-state index in [0.717, 1.165) is 22.1 Å². The van der Waals surface area contributed by atoms with Gasteiger partial charge in [-0.1, -0.05) is 23.2 Å².